The highest BCUT2D eigenvalue weighted by atomic mass is 32.1. The van der Waals surface area contributed by atoms with Gasteiger partial charge in [0, 0.05) is 0 Å². The second-order valence-electron chi connectivity index (χ2n) is 2.28. The number of hydrogen-bond acceptors (Lipinski definition) is 1. The van der Waals surface area contributed by atoms with Gasteiger partial charge in [-0.3, -0.25) is 0 Å². The summed E-state index contributed by atoms with van der Waals surface area (Å²) < 4.78 is 25.4. The van der Waals surface area contributed by atoms with Gasteiger partial charge in [0.1, 0.15) is 0 Å². The molecule has 0 saturated carbocycles. The largest absolute Gasteiger partial charge is 0.348 e. The lowest BCUT2D eigenvalue weighted by molar-refractivity contribution is 0.512. The van der Waals surface area contributed by atoms with Crippen LogP contribution in [0.3, 0.4) is 0 Å². The van der Waals surface area contributed by atoms with E-state index < -0.39 is 11.6 Å². The van der Waals surface area contributed by atoms with Crippen LogP contribution in [0.2, 0.25) is 0 Å². The number of halogens is 2. The molecule has 0 atom stereocenters. The Bertz CT molecular complexity index is 312. The first-order chi connectivity index (χ1) is 5.61. The summed E-state index contributed by atoms with van der Waals surface area (Å²) in [6.45, 7) is 1.60. The quantitative estimate of drug-likeness (QED) is 0.678. The van der Waals surface area contributed by atoms with Crippen molar-refractivity contribution in [3.8, 4) is 0 Å². The lowest BCUT2D eigenvalue weighted by atomic mass is 10.3. The van der Waals surface area contributed by atoms with Crippen molar-refractivity contribution >= 4 is 22.9 Å². The minimum absolute atomic E-state index is 0.0718. The number of anilines is 1. The van der Waals surface area contributed by atoms with Crippen LogP contribution in [0.25, 0.3) is 0 Å². The van der Waals surface area contributed by atoms with Crippen molar-refractivity contribution in [1.82, 2.24) is 0 Å². The third-order valence-corrected chi connectivity index (χ3v) is 1.36. The standard InChI is InChI=1S/C8H7F2NS/c1-5(12)11-7-4-2-3-6(9)8(7)10/h2-4H,1H3,(H,11,12). The van der Waals surface area contributed by atoms with Crippen LogP contribution in [0.5, 0.6) is 0 Å². The Hall–Kier alpha value is -1.03. The minimum Gasteiger partial charge on any atom is -0.348 e. The molecule has 1 aromatic carbocycles. The highest BCUT2D eigenvalue weighted by molar-refractivity contribution is 7.80. The second kappa shape index (κ2) is 3.58. The molecule has 0 heterocycles. The first kappa shape index (κ1) is 9.06. The molecule has 1 aromatic rings. The Morgan fingerprint density at radius 3 is 2.67 bits per heavy atom. The van der Waals surface area contributed by atoms with Crippen LogP contribution in [-0.2, 0) is 0 Å². The fourth-order valence-corrected chi connectivity index (χ4v) is 0.900. The van der Waals surface area contributed by atoms with E-state index in [0.717, 1.165) is 6.07 Å². The van der Waals surface area contributed by atoms with Crippen molar-refractivity contribution in [3.63, 3.8) is 0 Å². The van der Waals surface area contributed by atoms with Crippen molar-refractivity contribution in [3.05, 3.63) is 29.8 Å². The molecule has 1 N–H and O–H groups in total. The van der Waals surface area contributed by atoms with E-state index in [4.69, 9.17) is 0 Å². The van der Waals surface area contributed by atoms with Gasteiger partial charge < -0.3 is 5.32 Å². The smallest absolute Gasteiger partial charge is 0.182 e. The van der Waals surface area contributed by atoms with Crippen molar-refractivity contribution in [2.75, 3.05) is 5.32 Å². The van der Waals surface area contributed by atoms with Gasteiger partial charge in [-0.05, 0) is 19.1 Å². The first-order valence-electron chi connectivity index (χ1n) is 3.33. The molecule has 0 aliphatic heterocycles. The molecule has 0 unspecified atom stereocenters. The van der Waals surface area contributed by atoms with Crippen LogP contribution in [0.4, 0.5) is 14.5 Å². The molecular formula is C8H7F2NS. The molecule has 0 aliphatic rings. The topological polar surface area (TPSA) is 12.0 Å². The number of rotatable bonds is 1. The molecule has 64 valence electrons. The van der Waals surface area contributed by atoms with E-state index in [-0.39, 0.29) is 5.69 Å². The van der Waals surface area contributed by atoms with Crippen molar-refractivity contribution in [2.45, 2.75) is 6.92 Å². The van der Waals surface area contributed by atoms with E-state index in [0.29, 0.717) is 4.99 Å². The van der Waals surface area contributed by atoms with E-state index in [2.05, 4.69) is 17.5 Å². The van der Waals surface area contributed by atoms with Gasteiger partial charge in [0.2, 0.25) is 0 Å². The van der Waals surface area contributed by atoms with Crippen LogP contribution in [0.1, 0.15) is 6.92 Å². The Morgan fingerprint density at radius 1 is 1.42 bits per heavy atom. The molecule has 12 heavy (non-hydrogen) atoms. The van der Waals surface area contributed by atoms with Crippen molar-refractivity contribution in [1.29, 1.82) is 0 Å². The molecule has 0 saturated heterocycles. The van der Waals surface area contributed by atoms with Gasteiger partial charge in [0.15, 0.2) is 11.6 Å². The minimum atomic E-state index is -0.901. The fraction of sp³-hybridized carbons (Fsp3) is 0.125. The van der Waals surface area contributed by atoms with E-state index in [1.54, 1.807) is 6.92 Å². The average molecular weight is 187 g/mol. The summed E-state index contributed by atoms with van der Waals surface area (Å²) in [5.74, 6) is -1.78. The van der Waals surface area contributed by atoms with Gasteiger partial charge in [-0.15, -0.1) is 0 Å². The predicted molar refractivity (Wildman–Crippen MR) is 48.3 cm³/mol. The van der Waals surface area contributed by atoms with Crippen LogP contribution in [-0.4, -0.2) is 4.99 Å². The number of hydrogen-bond donors (Lipinski definition) is 1. The molecule has 0 radical (unpaired) electrons. The van der Waals surface area contributed by atoms with Gasteiger partial charge in [0.25, 0.3) is 0 Å². The summed E-state index contributed by atoms with van der Waals surface area (Å²) in [4.78, 5) is 0.402. The Labute approximate surface area is 74.4 Å². The Kier molecular flexibility index (Phi) is 2.70. The third-order valence-electron chi connectivity index (χ3n) is 1.26. The Morgan fingerprint density at radius 2 is 2.08 bits per heavy atom. The zero-order valence-electron chi connectivity index (χ0n) is 6.40. The second-order valence-corrected chi connectivity index (χ2v) is 2.89. The zero-order chi connectivity index (χ0) is 9.14. The number of nitrogens with one attached hydrogen (secondary N) is 1. The third kappa shape index (κ3) is 1.98. The van der Waals surface area contributed by atoms with E-state index in [1.807, 2.05) is 0 Å². The number of thiocarbonyl (C=S) groups is 1. The summed E-state index contributed by atoms with van der Waals surface area (Å²) in [7, 11) is 0. The van der Waals surface area contributed by atoms with Crippen LogP contribution in [0.15, 0.2) is 18.2 Å². The van der Waals surface area contributed by atoms with Gasteiger partial charge in [-0.25, -0.2) is 8.78 Å². The zero-order valence-corrected chi connectivity index (χ0v) is 7.21. The van der Waals surface area contributed by atoms with E-state index >= 15 is 0 Å². The summed E-state index contributed by atoms with van der Waals surface area (Å²) in [6, 6.07) is 3.90. The summed E-state index contributed by atoms with van der Waals surface area (Å²) in [5.41, 5.74) is 0.0718. The summed E-state index contributed by atoms with van der Waals surface area (Å²) in [6.07, 6.45) is 0. The van der Waals surface area contributed by atoms with Crippen molar-refractivity contribution in [2.24, 2.45) is 0 Å². The summed E-state index contributed by atoms with van der Waals surface area (Å²) in [5, 5.41) is 2.53. The molecule has 0 amide bonds. The average Bonchev–Trinajstić information content (AvgIpc) is 1.98. The maximum absolute atomic E-state index is 12.9. The molecular weight excluding hydrogens is 180 g/mol. The molecule has 0 spiro atoms. The van der Waals surface area contributed by atoms with E-state index in [1.165, 1.54) is 12.1 Å². The predicted octanol–water partition coefficient (Wildman–Crippen LogP) is 2.72. The molecule has 0 fully saturated rings. The highest BCUT2D eigenvalue weighted by Crippen LogP contribution is 2.16. The molecule has 0 bridgehead atoms. The van der Waals surface area contributed by atoms with Gasteiger partial charge in [0.05, 0.1) is 10.7 Å². The molecule has 0 aliphatic carbocycles. The SMILES string of the molecule is CC(=S)Nc1cccc(F)c1F. The lowest BCUT2D eigenvalue weighted by Crippen LogP contribution is -2.05. The number of benzene rings is 1. The maximum atomic E-state index is 12.9. The molecule has 1 nitrogen and oxygen atoms in total. The van der Waals surface area contributed by atoms with Crippen LogP contribution < -0.4 is 5.32 Å². The van der Waals surface area contributed by atoms with Gasteiger partial charge >= 0.3 is 0 Å². The highest BCUT2D eigenvalue weighted by Gasteiger charge is 2.06. The van der Waals surface area contributed by atoms with Gasteiger partial charge in [-0.2, -0.15) is 0 Å². The normalized spacial score (nSPS) is 9.58. The fourth-order valence-electron chi connectivity index (χ4n) is 0.790. The molecule has 0 aromatic heterocycles. The molecule has 4 heteroatoms. The maximum Gasteiger partial charge on any atom is 0.182 e. The lowest BCUT2D eigenvalue weighted by Gasteiger charge is -2.04. The summed E-state index contributed by atoms with van der Waals surface area (Å²) >= 11 is 4.68. The monoisotopic (exact) mass is 187 g/mol. The molecule has 1 rings (SSSR count). The van der Waals surface area contributed by atoms with Crippen LogP contribution in [0, 0.1) is 11.6 Å². The van der Waals surface area contributed by atoms with Crippen molar-refractivity contribution < 1.29 is 8.78 Å². The van der Waals surface area contributed by atoms with Gasteiger partial charge in [-0.1, -0.05) is 18.3 Å². The van der Waals surface area contributed by atoms with Crippen LogP contribution >= 0.6 is 12.2 Å². The van der Waals surface area contributed by atoms with E-state index in [9.17, 15) is 8.78 Å². The first-order valence-corrected chi connectivity index (χ1v) is 3.73. The Balaban J connectivity index is 3.00.